The van der Waals surface area contributed by atoms with Gasteiger partial charge in [-0.3, -0.25) is 9.59 Å². The molecule has 0 radical (unpaired) electrons. The standard InChI is InChI=1S/C22H22ClF3N7O5PS/c1-11(21-28-9-16(40-21)20(35)32-17-6-13(22(24,25)26)14(23)8-27-17)31-19(34)15-7-18(30-10-29-15)33-4-2-12(3-5-33)38-39(36)37/h6-12,36-37H,2-5H2,1H3,(H,31,34)(H,27,32,35)/t11-/m1/s1. The highest BCUT2D eigenvalue weighted by Crippen LogP contribution is 2.35. The maximum Gasteiger partial charge on any atom is 0.418 e. The van der Waals surface area contributed by atoms with Gasteiger partial charge in [0.25, 0.3) is 11.8 Å². The largest absolute Gasteiger partial charge is 0.418 e. The number of alkyl halides is 3. The van der Waals surface area contributed by atoms with Crippen molar-refractivity contribution in [3.05, 3.63) is 57.0 Å². The zero-order valence-electron chi connectivity index (χ0n) is 20.6. The van der Waals surface area contributed by atoms with E-state index in [9.17, 15) is 22.8 Å². The molecule has 40 heavy (non-hydrogen) atoms. The Bertz CT molecular complexity index is 1370. The molecule has 1 aliphatic rings. The monoisotopic (exact) mass is 619 g/mol. The summed E-state index contributed by atoms with van der Waals surface area (Å²) in [6.45, 7) is 2.73. The third kappa shape index (κ3) is 7.59. The highest BCUT2D eigenvalue weighted by Gasteiger charge is 2.34. The van der Waals surface area contributed by atoms with E-state index in [4.69, 9.17) is 25.9 Å². The number of amides is 2. The number of hydrogen-bond donors (Lipinski definition) is 4. The molecule has 4 rings (SSSR count). The summed E-state index contributed by atoms with van der Waals surface area (Å²) in [7, 11) is -2.42. The Balaban J connectivity index is 1.36. The molecule has 4 N–H and O–H groups in total. The molecule has 3 aromatic heterocycles. The second kappa shape index (κ2) is 12.7. The van der Waals surface area contributed by atoms with Crippen LogP contribution in [0.5, 0.6) is 0 Å². The number of rotatable bonds is 8. The number of piperidine rings is 1. The van der Waals surface area contributed by atoms with E-state index < -0.39 is 43.2 Å². The van der Waals surface area contributed by atoms with Crippen molar-refractivity contribution in [1.29, 1.82) is 0 Å². The van der Waals surface area contributed by atoms with Crippen molar-refractivity contribution in [2.24, 2.45) is 0 Å². The fraction of sp³-hybridized carbons (Fsp3) is 0.364. The molecule has 1 aliphatic heterocycles. The number of carbonyl (C=O) groups is 2. The Morgan fingerprint density at radius 3 is 2.55 bits per heavy atom. The summed E-state index contributed by atoms with van der Waals surface area (Å²) in [5.41, 5.74) is -1.03. The molecule has 0 aliphatic carbocycles. The Labute approximate surface area is 235 Å². The van der Waals surface area contributed by atoms with Crippen molar-refractivity contribution in [3.63, 3.8) is 0 Å². The first-order valence-electron chi connectivity index (χ1n) is 11.6. The molecule has 1 saturated heterocycles. The quantitative estimate of drug-likeness (QED) is 0.272. The molecule has 12 nitrogen and oxygen atoms in total. The molecule has 214 valence electrons. The summed E-state index contributed by atoms with van der Waals surface area (Å²) in [6.07, 6.45) is -0.571. The van der Waals surface area contributed by atoms with Gasteiger partial charge in [-0.2, -0.15) is 13.2 Å². The highest BCUT2D eigenvalue weighted by atomic mass is 35.5. The molecule has 1 fully saturated rings. The molecule has 3 aromatic rings. The van der Waals surface area contributed by atoms with Gasteiger partial charge >= 0.3 is 14.8 Å². The molecule has 0 saturated carbocycles. The molecule has 1 atom stereocenters. The summed E-state index contributed by atoms with van der Waals surface area (Å²) in [5, 5.41) is 4.82. The minimum absolute atomic E-state index is 0.0908. The molecular weight excluding hydrogens is 598 g/mol. The predicted octanol–water partition coefficient (Wildman–Crippen LogP) is 3.94. The lowest BCUT2D eigenvalue weighted by atomic mass is 10.1. The number of pyridine rings is 1. The van der Waals surface area contributed by atoms with E-state index in [0.717, 1.165) is 17.5 Å². The Morgan fingerprint density at radius 2 is 1.88 bits per heavy atom. The van der Waals surface area contributed by atoms with E-state index in [1.54, 1.807) is 6.92 Å². The van der Waals surface area contributed by atoms with Crippen molar-refractivity contribution >= 4 is 55.0 Å². The van der Waals surface area contributed by atoms with Crippen molar-refractivity contribution in [2.75, 3.05) is 23.3 Å². The number of aromatic nitrogens is 4. The molecular formula is C22H22ClF3N7O5PS. The zero-order valence-corrected chi connectivity index (χ0v) is 23.1. The van der Waals surface area contributed by atoms with Gasteiger partial charge in [0.15, 0.2) is 0 Å². The maximum absolute atomic E-state index is 13.1. The SMILES string of the molecule is C[C@@H](NC(=O)c1cc(N2CCC(OP(O)O)CC2)ncn1)c1ncc(C(=O)Nc2cc(C(F)(F)F)c(Cl)cn2)s1. The zero-order chi connectivity index (χ0) is 29.0. The van der Waals surface area contributed by atoms with Crippen LogP contribution in [0.1, 0.15) is 56.5 Å². The first-order valence-corrected chi connectivity index (χ1v) is 14.0. The second-order valence-electron chi connectivity index (χ2n) is 8.57. The van der Waals surface area contributed by atoms with Crippen LogP contribution >= 0.6 is 31.5 Å². The third-order valence-electron chi connectivity index (χ3n) is 5.76. The second-order valence-corrected chi connectivity index (χ2v) is 10.8. The number of halogens is 4. The van der Waals surface area contributed by atoms with E-state index in [1.807, 2.05) is 4.90 Å². The Hall–Kier alpha value is -3.01. The molecule has 0 unspecified atom stereocenters. The molecule has 18 heteroatoms. The van der Waals surface area contributed by atoms with Crippen molar-refractivity contribution in [2.45, 2.75) is 38.1 Å². The van der Waals surface area contributed by atoms with Crippen LogP contribution in [0.25, 0.3) is 0 Å². The summed E-state index contributed by atoms with van der Waals surface area (Å²) < 4.78 is 44.3. The van der Waals surface area contributed by atoms with Gasteiger partial charge in [-0.15, -0.1) is 11.3 Å². The molecule has 0 aromatic carbocycles. The van der Waals surface area contributed by atoms with Gasteiger partial charge in [0, 0.05) is 25.4 Å². The fourth-order valence-corrected chi connectivity index (χ4v) is 5.30. The van der Waals surface area contributed by atoms with Gasteiger partial charge in [0.1, 0.15) is 33.5 Å². The van der Waals surface area contributed by atoms with E-state index in [2.05, 4.69) is 30.6 Å². The number of anilines is 2. The van der Waals surface area contributed by atoms with Crippen LogP contribution in [-0.2, 0) is 10.7 Å². The van der Waals surface area contributed by atoms with E-state index >= 15 is 0 Å². The van der Waals surface area contributed by atoms with E-state index in [-0.39, 0.29) is 22.5 Å². The summed E-state index contributed by atoms with van der Waals surface area (Å²) in [5.74, 6) is -1.04. The van der Waals surface area contributed by atoms with Gasteiger partial charge in [-0.25, -0.2) is 19.9 Å². The van der Waals surface area contributed by atoms with Gasteiger partial charge in [-0.1, -0.05) is 11.6 Å². The van der Waals surface area contributed by atoms with Crippen molar-refractivity contribution < 1.29 is 37.1 Å². The average molecular weight is 620 g/mol. The molecule has 2 amide bonds. The van der Waals surface area contributed by atoms with Crippen LogP contribution in [0.2, 0.25) is 5.02 Å². The van der Waals surface area contributed by atoms with Gasteiger partial charge in [0.2, 0.25) is 0 Å². The minimum Gasteiger partial charge on any atom is -0.356 e. The predicted molar refractivity (Wildman–Crippen MR) is 140 cm³/mol. The number of nitrogens with one attached hydrogen (secondary N) is 2. The highest BCUT2D eigenvalue weighted by molar-refractivity contribution is 7.39. The normalized spacial score (nSPS) is 15.2. The van der Waals surface area contributed by atoms with Crippen LogP contribution < -0.4 is 15.5 Å². The minimum atomic E-state index is -4.72. The van der Waals surface area contributed by atoms with E-state index in [0.29, 0.717) is 42.8 Å². The number of thiazole rings is 1. The lowest BCUT2D eigenvalue weighted by Crippen LogP contribution is -2.37. The molecule has 0 spiro atoms. The summed E-state index contributed by atoms with van der Waals surface area (Å²) in [6, 6.07) is 1.54. The molecule has 0 bridgehead atoms. The maximum atomic E-state index is 13.1. The number of nitrogens with zero attached hydrogens (tertiary/aromatic N) is 5. The van der Waals surface area contributed by atoms with E-state index in [1.165, 1.54) is 18.6 Å². The van der Waals surface area contributed by atoms with Crippen LogP contribution in [0.3, 0.4) is 0 Å². The van der Waals surface area contributed by atoms with Crippen LogP contribution in [0.15, 0.2) is 30.9 Å². The lowest BCUT2D eigenvalue weighted by molar-refractivity contribution is -0.137. The third-order valence-corrected chi connectivity index (χ3v) is 7.73. The number of hydrogen-bond acceptors (Lipinski definition) is 11. The first kappa shape index (κ1) is 30.0. The smallest absolute Gasteiger partial charge is 0.356 e. The van der Waals surface area contributed by atoms with Gasteiger partial charge in [0.05, 0.1) is 28.9 Å². The molecule has 4 heterocycles. The fourth-order valence-electron chi connectivity index (χ4n) is 3.80. The van der Waals surface area contributed by atoms with Gasteiger partial charge in [-0.05, 0) is 25.8 Å². The summed E-state index contributed by atoms with van der Waals surface area (Å²) in [4.78, 5) is 61.6. The Kier molecular flexibility index (Phi) is 9.48. The van der Waals surface area contributed by atoms with Crippen LogP contribution in [-0.4, -0.2) is 60.7 Å². The van der Waals surface area contributed by atoms with Crippen molar-refractivity contribution in [1.82, 2.24) is 25.3 Å². The van der Waals surface area contributed by atoms with Crippen LogP contribution in [0, 0.1) is 0 Å². The first-order chi connectivity index (χ1) is 18.9. The van der Waals surface area contributed by atoms with Crippen LogP contribution in [0.4, 0.5) is 24.8 Å². The lowest BCUT2D eigenvalue weighted by Gasteiger charge is -2.32. The Morgan fingerprint density at radius 1 is 1.15 bits per heavy atom. The van der Waals surface area contributed by atoms with Gasteiger partial charge < -0.3 is 29.8 Å². The summed E-state index contributed by atoms with van der Waals surface area (Å²) >= 11 is 6.51. The number of carbonyl (C=O) groups excluding carboxylic acids is 2. The topological polar surface area (TPSA) is 163 Å². The van der Waals surface area contributed by atoms with Crippen molar-refractivity contribution in [3.8, 4) is 0 Å². The average Bonchev–Trinajstić information content (AvgIpc) is 3.40.